The van der Waals surface area contributed by atoms with Gasteiger partial charge in [-0.3, -0.25) is 9.69 Å². The Kier molecular flexibility index (Phi) is 2.63. The maximum absolute atomic E-state index is 11.6. The molecule has 2 aromatic rings. The molecule has 1 aliphatic heterocycles. The van der Waals surface area contributed by atoms with Gasteiger partial charge in [0.25, 0.3) is 5.91 Å². The summed E-state index contributed by atoms with van der Waals surface area (Å²) in [7, 11) is 2.19. The molecule has 0 unspecified atom stereocenters. The van der Waals surface area contributed by atoms with E-state index in [1.807, 2.05) is 12.1 Å². The van der Waals surface area contributed by atoms with E-state index in [-0.39, 0.29) is 5.54 Å². The van der Waals surface area contributed by atoms with Crippen LogP contribution in [-0.2, 0) is 5.54 Å². The van der Waals surface area contributed by atoms with E-state index in [1.165, 1.54) is 12.8 Å². The van der Waals surface area contributed by atoms with E-state index < -0.39 is 5.91 Å². The Morgan fingerprint density at radius 2 is 2.38 bits per heavy atom. The van der Waals surface area contributed by atoms with Crippen LogP contribution in [0.3, 0.4) is 0 Å². The fourth-order valence-corrected chi connectivity index (χ4v) is 4.28. The minimum absolute atomic E-state index is 0.0108. The number of primary amides is 1. The number of hydrogen-bond donors (Lipinski definition) is 2. The van der Waals surface area contributed by atoms with E-state index in [2.05, 4.69) is 16.9 Å². The summed E-state index contributed by atoms with van der Waals surface area (Å²) in [6.45, 7) is 1.14. The molecule has 0 radical (unpaired) electrons. The van der Waals surface area contributed by atoms with E-state index in [1.54, 1.807) is 6.07 Å². The smallest absolute Gasteiger partial charge is 0.250 e. The first-order valence-electron chi connectivity index (χ1n) is 7.60. The minimum atomic E-state index is -0.419. The number of likely N-dealkylation sites (tertiary alicyclic amines) is 1. The molecule has 5 heteroatoms. The van der Waals surface area contributed by atoms with E-state index in [0.29, 0.717) is 11.1 Å². The number of aromatic nitrogens is 2. The van der Waals surface area contributed by atoms with Crippen LogP contribution >= 0.6 is 0 Å². The molecule has 1 amide bonds. The molecule has 1 aromatic carbocycles. The number of para-hydroxylation sites is 1. The van der Waals surface area contributed by atoms with Crippen LogP contribution in [0.15, 0.2) is 18.2 Å². The van der Waals surface area contributed by atoms with Crippen molar-refractivity contribution in [2.24, 2.45) is 11.7 Å². The second-order valence-corrected chi connectivity index (χ2v) is 6.53. The maximum atomic E-state index is 11.6. The average Bonchev–Trinajstić information content (AvgIpc) is 2.99. The Balaban J connectivity index is 1.88. The zero-order valence-corrected chi connectivity index (χ0v) is 12.2. The summed E-state index contributed by atoms with van der Waals surface area (Å²) in [6, 6.07) is 5.56. The number of carbonyl (C=O) groups excluding carboxylic acids is 1. The van der Waals surface area contributed by atoms with Crippen molar-refractivity contribution in [1.82, 2.24) is 14.9 Å². The topological polar surface area (TPSA) is 75.0 Å². The number of hydrogen-bond acceptors (Lipinski definition) is 3. The highest BCUT2D eigenvalue weighted by Crippen LogP contribution is 2.48. The van der Waals surface area contributed by atoms with Crippen molar-refractivity contribution in [3.8, 4) is 0 Å². The van der Waals surface area contributed by atoms with Crippen molar-refractivity contribution >= 4 is 16.9 Å². The van der Waals surface area contributed by atoms with Gasteiger partial charge < -0.3 is 10.7 Å². The number of benzene rings is 1. The number of aromatic amines is 1. The monoisotopic (exact) mass is 284 g/mol. The second kappa shape index (κ2) is 4.31. The lowest BCUT2D eigenvalue weighted by atomic mass is 9.79. The average molecular weight is 284 g/mol. The lowest BCUT2D eigenvalue weighted by molar-refractivity contribution is 0.100. The number of nitrogens with one attached hydrogen (secondary N) is 1. The summed E-state index contributed by atoms with van der Waals surface area (Å²) in [4.78, 5) is 22.2. The van der Waals surface area contributed by atoms with Crippen LogP contribution in [0.5, 0.6) is 0 Å². The quantitative estimate of drug-likeness (QED) is 0.885. The molecule has 110 valence electrons. The third kappa shape index (κ3) is 1.73. The van der Waals surface area contributed by atoms with Crippen LogP contribution in [0.1, 0.15) is 41.9 Å². The number of carbonyl (C=O) groups is 1. The van der Waals surface area contributed by atoms with Crippen LogP contribution in [0.25, 0.3) is 11.0 Å². The molecule has 2 bridgehead atoms. The number of imidazole rings is 1. The molecule has 3 N–H and O–H groups in total. The number of amides is 1. The maximum Gasteiger partial charge on any atom is 0.250 e. The first kappa shape index (κ1) is 12.8. The summed E-state index contributed by atoms with van der Waals surface area (Å²) in [5.74, 6) is 1.35. The highest BCUT2D eigenvalue weighted by atomic mass is 16.1. The first-order chi connectivity index (χ1) is 10.1. The van der Waals surface area contributed by atoms with Crippen molar-refractivity contribution in [3.63, 3.8) is 0 Å². The molecule has 1 saturated carbocycles. The number of nitrogens with two attached hydrogens (primary N) is 1. The standard InChI is InChI=1S/C16H20N4O/c1-20-9-10-4-3-7-16(20,8-10)15-18-12-6-2-5-11(14(17)21)13(12)19-15/h2,5-6,10H,3-4,7-9H2,1H3,(H2,17,21)(H,18,19)/t10-,16+/m1/s1. The molecule has 5 nitrogen and oxygen atoms in total. The highest BCUT2D eigenvalue weighted by Gasteiger charge is 2.49. The fourth-order valence-electron chi connectivity index (χ4n) is 4.28. The molecule has 1 aliphatic carbocycles. The minimum Gasteiger partial charge on any atom is -0.366 e. The third-order valence-corrected chi connectivity index (χ3v) is 5.31. The summed E-state index contributed by atoms with van der Waals surface area (Å²) >= 11 is 0. The molecular weight excluding hydrogens is 264 g/mol. The Labute approximate surface area is 123 Å². The number of rotatable bonds is 2. The molecule has 2 aliphatic rings. The Bertz CT molecular complexity index is 722. The van der Waals surface area contributed by atoms with Gasteiger partial charge in [-0.15, -0.1) is 0 Å². The van der Waals surface area contributed by atoms with E-state index in [4.69, 9.17) is 10.7 Å². The third-order valence-electron chi connectivity index (χ3n) is 5.31. The number of H-pyrrole nitrogens is 1. The first-order valence-corrected chi connectivity index (χ1v) is 7.60. The zero-order chi connectivity index (χ0) is 14.6. The van der Waals surface area contributed by atoms with Crippen LogP contribution < -0.4 is 5.73 Å². The highest BCUT2D eigenvalue weighted by molar-refractivity contribution is 6.04. The van der Waals surface area contributed by atoms with E-state index >= 15 is 0 Å². The largest absolute Gasteiger partial charge is 0.366 e. The van der Waals surface area contributed by atoms with Crippen molar-refractivity contribution in [2.45, 2.75) is 31.2 Å². The van der Waals surface area contributed by atoms with Gasteiger partial charge in [-0.25, -0.2) is 4.98 Å². The van der Waals surface area contributed by atoms with Gasteiger partial charge in [-0.05, 0) is 44.4 Å². The summed E-state index contributed by atoms with van der Waals surface area (Å²) in [5.41, 5.74) is 7.58. The van der Waals surface area contributed by atoms with Crippen LogP contribution in [0, 0.1) is 5.92 Å². The lowest BCUT2D eigenvalue weighted by Gasteiger charge is -2.36. The number of nitrogens with zero attached hydrogens (tertiary/aromatic N) is 2. The predicted molar refractivity (Wildman–Crippen MR) is 80.9 cm³/mol. The molecule has 0 spiro atoms. The summed E-state index contributed by atoms with van der Waals surface area (Å²) in [6.07, 6.45) is 4.86. The van der Waals surface area contributed by atoms with Gasteiger partial charge in [-0.2, -0.15) is 0 Å². The molecule has 1 aromatic heterocycles. The van der Waals surface area contributed by atoms with Crippen molar-refractivity contribution in [1.29, 1.82) is 0 Å². The van der Waals surface area contributed by atoms with Gasteiger partial charge >= 0.3 is 0 Å². The summed E-state index contributed by atoms with van der Waals surface area (Å²) in [5, 5.41) is 0. The van der Waals surface area contributed by atoms with Gasteiger partial charge in [0, 0.05) is 6.54 Å². The molecular formula is C16H20N4O. The van der Waals surface area contributed by atoms with Gasteiger partial charge in [0.1, 0.15) is 11.3 Å². The molecule has 21 heavy (non-hydrogen) atoms. The SMILES string of the molecule is CN1C[C@@H]2CCC[C@@]1(c1nc3c(C(N)=O)cccc3[nH]1)C2. The normalized spacial score (nSPS) is 29.1. The van der Waals surface area contributed by atoms with Crippen LogP contribution in [0.2, 0.25) is 0 Å². The van der Waals surface area contributed by atoms with Crippen LogP contribution in [0.4, 0.5) is 0 Å². The van der Waals surface area contributed by atoms with Gasteiger partial charge in [-0.1, -0.05) is 12.5 Å². The molecule has 1 saturated heterocycles. The zero-order valence-electron chi connectivity index (χ0n) is 12.2. The van der Waals surface area contributed by atoms with Gasteiger partial charge in [0.15, 0.2) is 0 Å². The number of fused-ring (bicyclic) bond motifs is 3. The summed E-state index contributed by atoms with van der Waals surface area (Å²) < 4.78 is 0. The Hall–Kier alpha value is -1.88. The van der Waals surface area contributed by atoms with E-state index in [9.17, 15) is 4.79 Å². The van der Waals surface area contributed by atoms with E-state index in [0.717, 1.165) is 36.6 Å². The molecule has 2 heterocycles. The second-order valence-electron chi connectivity index (χ2n) is 6.53. The van der Waals surface area contributed by atoms with Crippen LogP contribution in [-0.4, -0.2) is 34.4 Å². The van der Waals surface area contributed by atoms with Gasteiger partial charge in [0.2, 0.25) is 0 Å². The molecule has 4 rings (SSSR count). The molecule has 2 atom stereocenters. The Morgan fingerprint density at radius 3 is 3.19 bits per heavy atom. The van der Waals surface area contributed by atoms with Crippen molar-refractivity contribution < 1.29 is 4.79 Å². The van der Waals surface area contributed by atoms with Gasteiger partial charge in [0.05, 0.1) is 16.6 Å². The Morgan fingerprint density at radius 1 is 1.52 bits per heavy atom. The predicted octanol–water partition coefficient (Wildman–Crippen LogP) is 1.99. The molecule has 2 fully saturated rings. The van der Waals surface area contributed by atoms with Crippen molar-refractivity contribution in [2.75, 3.05) is 13.6 Å². The fraction of sp³-hybridized carbons (Fsp3) is 0.500. The van der Waals surface area contributed by atoms with Crippen molar-refractivity contribution in [3.05, 3.63) is 29.6 Å². The lowest BCUT2D eigenvalue weighted by Crippen LogP contribution is -2.39.